The Morgan fingerprint density at radius 3 is 2.48 bits per heavy atom. The van der Waals surface area contributed by atoms with Gasteiger partial charge in [0.25, 0.3) is 5.91 Å². The summed E-state index contributed by atoms with van der Waals surface area (Å²) in [5.41, 5.74) is 3.28. The van der Waals surface area contributed by atoms with Crippen LogP contribution in [-0.4, -0.2) is 17.8 Å². The van der Waals surface area contributed by atoms with Crippen LogP contribution in [0, 0.1) is 13.8 Å². The molecule has 1 amide bonds. The molecule has 0 spiro atoms. The Hall–Kier alpha value is -2.62. The number of benzene rings is 2. The molecule has 1 atom stereocenters. The Kier molecular flexibility index (Phi) is 5.16. The number of nitrogens with one attached hydrogen (secondary N) is 1. The molecule has 0 fully saturated rings. The molecule has 0 aliphatic heterocycles. The summed E-state index contributed by atoms with van der Waals surface area (Å²) in [6, 6.07) is 12.6. The van der Waals surface area contributed by atoms with Gasteiger partial charge in [0.2, 0.25) is 0 Å². The van der Waals surface area contributed by atoms with E-state index in [-0.39, 0.29) is 11.7 Å². The van der Waals surface area contributed by atoms with E-state index in [1.807, 2.05) is 32.0 Å². The van der Waals surface area contributed by atoms with Gasteiger partial charge in [0.1, 0.15) is 5.75 Å². The maximum absolute atomic E-state index is 12.3. The maximum Gasteiger partial charge on any atom is 0.265 e. The zero-order valence-electron chi connectivity index (χ0n) is 13.8. The average molecular weight is 311 g/mol. The van der Waals surface area contributed by atoms with Crippen molar-refractivity contribution < 1.29 is 14.3 Å². The lowest BCUT2D eigenvalue weighted by atomic mass is 10.1. The van der Waals surface area contributed by atoms with Crippen molar-refractivity contribution in [2.45, 2.75) is 33.8 Å². The third kappa shape index (κ3) is 4.19. The van der Waals surface area contributed by atoms with Crippen LogP contribution in [0.4, 0.5) is 5.69 Å². The van der Waals surface area contributed by atoms with E-state index in [4.69, 9.17) is 4.74 Å². The number of amides is 1. The number of carbonyl (C=O) groups excluding carboxylic acids is 2. The highest BCUT2D eigenvalue weighted by Gasteiger charge is 2.16. The number of ketones is 1. The molecule has 0 unspecified atom stereocenters. The third-order valence-electron chi connectivity index (χ3n) is 3.76. The number of carbonyl (C=O) groups is 2. The number of rotatable bonds is 5. The minimum atomic E-state index is -0.642. The van der Waals surface area contributed by atoms with Gasteiger partial charge in [-0.2, -0.15) is 0 Å². The van der Waals surface area contributed by atoms with Crippen LogP contribution in [0.3, 0.4) is 0 Å². The van der Waals surface area contributed by atoms with Gasteiger partial charge in [-0.15, -0.1) is 0 Å². The van der Waals surface area contributed by atoms with Crippen molar-refractivity contribution in [1.82, 2.24) is 0 Å². The van der Waals surface area contributed by atoms with Gasteiger partial charge in [-0.3, -0.25) is 9.59 Å². The molecule has 0 radical (unpaired) electrons. The topological polar surface area (TPSA) is 55.4 Å². The van der Waals surface area contributed by atoms with Gasteiger partial charge >= 0.3 is 0 Å². The van der Waals surface area contributed by atoms with Gasteiger partial charge in [-0.1, -0.05) is 24.3 Å². The van der Waals surface area contributed by atoms with Crippen molar-refractivity contribution in [3.8, 4) is 5.75 Å². The van der Waals surface area contributed by atoms with Crippen molar-refractivity contribution >= 4 is 17.4 Å². The summed E-state index contributed by atoms with van der Waals surface area (Å²) in [5, 5.41) is 2.78. The highest BCUT2D eigenvalue weighted by Crippen LogP contribution is 2.22. The minimum absolute atomic E-state index is 0.0409. The monoisotopic (exact) mass is 311 g/mol. The molecule has 4 heteroatoms. The highest BCUT2D eigenvalue weighted by molar-refractivity contribution is 5.98. The van der Waals surface area contributed by atoms with E-state index in [0.29, 0.717) is 17.0 Å². The average Bonchev–Trinajstić information content (AvgIpc) is 2.52. The molecule has 0 bridgehead atoms. The molecule has 0 aromatic heterocycles. The van der Waals surface area contributed by atoms with Crippen molar-refractivity contribution in [2.75, 3.05) is 5.32 Å². The van der Waals surface area contributed by atoms with Gasteiger partial charge in [0, 0.05) is 11.3 Å². The van der Waals surface area contributed by atoms with Crippen LogP contribution >= 0.6 is 0 Å². The van der Waals surface area contributed by atoms with Crippen molar-refractivity contribution in [3.05, 3.63) is 59.2 Å². The highest BCUT2D eigenvalue weighted by atomic mass is 16.5. The van der Waals surface area contributed by atoms with Crippen LogP contribution in [0.15, 0.2) is 42.5 Å². The third-order valence-corrected chi connectivity index (χ3v) is 3.76. The normalized spacial score (nSPS) is 11.7. The Bertz CT molecular complexity index is 737. The summed E-state index contributed by atoms with van der Waals surface area (Å²) >= 11 is 0. The second kappa shape index (κ2) is 7.09. The van der Waals surface area contributed by atoms with E-state index in [2.05, 4.69) is 5.32 Å². The molecule has 1 N–H and O–H groups in total. The van der Waals surface area contributed by atoms with Gasteiger partial charge in [0.05, 0.1) is 0 Å². The van der Waals surface area contributed by atoms with Crippen LogP contribution < -0.4 is 10.1 Å². The number of hydrogen-bond donors (Lipinski definition) is 1. The number of aryl methyl sites for hydroxylation is 1. The molecule has 2 aromatic rings. The Morgan fingerprint density at radius 1 is 1.09 bits per heavy atom. The van der Waals surface area contributed by atoms with E-state index in [0.717, 1.165) is 11.1 Å². The van der Waals surface area contributed by atoms with Gasteiger partial charge in [0.15, 0.2) is 11.9 Å². The first-order chi connectivity index (χ1) is 10.9. The van der Waals surface area contributed by atoms with Crippen molar-refractivity contribution in [3.63, 3.8) is 0 Å². The predicted octanol–water partition coefficient (Wildman–Crippen LogP) is 3.91. The standard InChI is InChI=1S/C19H21NO3/c1-12-7-5-10-18(13(12)2)23-15(4)19(22)20-17-9-6-8-16(11-17)14(3)21/h5-11,15H,1-4H3,(H,20,22)/t15-/m1/s1. The van der Waals surface area contributed by atoms with Crippen LogP contribution in [0.1, 0.15) is 35.3 Å². The Morgan fingerprint density at radius 2 is 1.78 bits per heavy atom. The first kappa shape index (κ1) is 16.7. The SMILES string of the molecule is CC(=O)c1cccc(NC(=O)[C@@H](C)Oc2cccc(C)c2C)c1. The first-order valence-corrected chi connectivity index (χ1v) is 7.53. The quantitative estimate of drug-likeness (QED) is 0.852. The smallest absolute Gasteiger partial charge is 0.265 e. The second-order valence-electron chi connectivity index (χ2n) is 5.58. The van der Waals surface area contributed by atoms with E-state index in [1.54, 1.807) is 31.2 Å². The lowest BCUT2D eigenvalue weighted by molar-refractivity contribution is -0.122. The van der Waals surface area contributed by atoms with Crippen LogP contribution in [-0.2, 0) is 4.79 Å². The van der Waals surface area contributed by atoms with E-state index in [1.165, 1.54) is 6.92 Å². The van der Waals surface area contributed by atoms with Crippen LogP contribution in [0.25, 0.3) is 0 Å². The molecule has 23 heavy (non-hydrogen) atoms. The van der Waals surface area contributed by atoms with E-state index in [9.17, 15) is 9.59 Å². The molecule has 0 aliphatic carbocycles. The molecule has 2 rings (SSSR count). The lowest BCUT2D eigenvalue weighted by Gasteiger charge is -2.17. The van der Waals surface area contributed by atoms with Gasteiger partial charge in [-0.25, -0.2) is 0 Å². The zero-order valence-corrected chi connectivity index (χ0v) is 13.8. The number of ether oxygens (including phenoxy) is 1. The number of Topliss-reactive ketones (excluding diaryl/α,β-unsaturated/α-hetero) is 1. The molecular weight excluding hydrogens is 290 g/mol. The fourth-order valence-electron chi connectivity index (χ4n) is 2.16. The summed E-state index contributed by atoms with van der Waals surface area (Å²) in [6.07, 6.45) is -0.642. The second-order valence-corrected chi connectivity index (χ2v) is 5.58. The summed E-state index contributed by atoms with van der Waals surface area (Å²) in [6.45, 7) is 7.16. The van der Waals surface area contributed by atoms with E-state index < -0.39 is 6.10 Å². The summed E-state index contributed by atoms with van der Waals surface area (Å²) in [7, 11) is 0. The molecule has 0 saturated carbocycles. The molecule has 2 aromatic carbocycles. The van der Waals surface area contributed by atoms with Gasteiger partial charge in [-0.05, 0) is 57.0 Å². The maximum atomic E-state index is 12.3. The molecular formula is C19H21NO3. The number of hydrogen-bond acceptors (Lipinski definition) is 3. The summed E-state index contributed by atoms with van der Waals surface area (Å²) in [5.74, 6) is 0.400. The molecule has 0 aliphatic rings. The van der Waals surface area contributed by atoms with Crippen molar-refractivity contribution in [1.29, 1.82) is 0 Å². The Labute approximate surface area is 136 Å². The van der Waals surface area contributed by atoms with Crippen molar-refractivity contribution in [2.24, 2.45) is 0 Å². The molecule has 4 nitrogen and oxygen atoms in total. The zero-order chi connectivity index (χ0) is 17.0. The predicted molar refractivity (Wildman–Crippen MR) is 91.1 cm³/mol. The fraction of sp³-hybridized carbons (Fsp3) is 0.263. The molecule has 120 valence electrons. The van der Waals surface area contributed by atoms with Crippen LogP contribution in [0.5, 0.6) is 5.75 Å². The summed E-state index contributed by atoms with van der Waals surface area (Å²) < 4.78 is 5.76. The minimum Gasteiger partial charge on any atom is -0.481 e. The lowest BCUT2D eigenvalue weighted by Crippen LogP contribution is -2.30. The first-order valence-electron chi connectivity index (χ1n) is 7.53. The number of anilines is 1. The fourth-order valence-corrected chi connectivity index (χ4v) is 2.16. The largest absolute Gasteiger partial charge is 0.481 e. The summed E-state index contributed by atoms with van der Waals surface area (Å²) in [4.78, 5) is 23.7. The molecule has 0 heterocycles. The van der Waals surface area contributed by atoms with Crippen LogP contribution in [0.2, 0.25) is 0 Å². The van der Waals surface area contributed by atoms with E-state index >= 15 is 0 Å². The Balaban J connectivity index is 2.07. The molecule has 0 saturated heterocycles. The van der Waals surface area contributed by atoms with Gasteiger partial charge < -0.3 is 10.1 Å².